The second-order valence-corrected chi connectivity index (χ2v) is 6.92. The molecule has 100 valence electrons. The van der Waals surface area contributed by atoms with Crippen molar-refractivity contribution >= 4 is 0 Å². The van der Waals surface area contributed by atoms with E-state index in [9.17, 15) is 0 Å². The lowest BCUT2D eigenvalue weighted by atomic mass is 9.81. The van der Waals surface area contributed by atoms with Crippen molar-refractivity contribution < 1.29 is 0 Å². The van der Waals surface area contributed by atoms with Gasteiger partial charge in [-0.15, -0.1) is 0 Å². The summed E-state index contributed by atoms with van der Waals surface area (Å²) in [6.45, 7) is 7.35. The van der Waals surface area contributed by atoms with Crippen LogP contribution in [0.4, 0.5) is 0 Å². The van der Waals surface area contributed by atoms with Gasteiger partial charge in [-0.1, -0.05) is 39.5 Å². The molecule has 0 amide bonds. The first-order valence-corrected chi connectivity index (χ1v) is 7.58. The van der Waals surface area contributed by atoms with Gasteiger partial charge in [0.2, 0.25) is 0 Å². The third-order valence-electron chi connectivity index (χ3n) is 4.90. The fraction of sp³-hybridized carbons (Fsp3) is 1.00. The van der Waals surface area contributed by atoms with Crippen LogP contribution in [0.15, 0.2) is 0 Å². The molecule has 2 N–H and O–H groups in total. The SMILES string of the molecule is CC1(C)CCN(C2CCCCCCC2N)CC1. The molecule has 1 heterocycles. The van der Waals surface area contributed by atoms with Gasteiger partial charge in [-0.25, -0.2) is 0 Å². The fourth-order valence-corrected chi connectivity index (χ4v) is 3.41. The Balaban J connectivity index is 1.90. The van der Waals surface area contributed by atoms with Crippen LogP contribution in [0.2, 0.25) is 0 Å². The van der Waals surface area contributed by atoms with E-state index in [-0.39, 0.29) is 0 Å². The number of piperidine rings is 1. The van der Waals surface area contributed by atoms with Crippen molar-refractivity contribution in [1.29, 1.82) is 0 Å². The summed E-state index contributed by atoms with van der Waals surface area (Å²) < 4.78 is 0. The quantitative estimate of drug-likeness (QED) is 0.760. The van der Waals surface area contributed by atoms with Crippen LogP contribution in [-0.2, 0) is 0 Å². The van der Waals surface area contributed by atoms with E-state index in [4.69, 9.17) is 5.73 Å². The highest BCUT2D eigenvalue weighted by Gasteiger charge is 2.31. The summed E-state index contributed by atoms with van der Waals surface area (Å²) in [5.41, 5.74) is 6.96. The molecule has 2 heteroatoms. The summed E-state index contributed by atoms with van der Waals surface area (Å²) in [6, 6.07) is 1.10. The Hall–Kier alpha value is -0.0800. The molecule has 0 aromatic heterocycles. The molecule has 2 unspecified atom stereocenters. The highest BCUT2D eigenvalue weighted by atomic mass is 15.2. The highest BCUT2D eigenvalue weighted by molar-refractivity contribution is 4.88. The molecule has 0 radical (unpaired) electrons. The average molecular weight is 238 g/mol. The van der Waals surface area contributed by atoms with Gasteiger partial charge in [0.1, 0.15) is 0 Å². The van der Waals surface area contributed by atoms with Crippen LogP contribution in [0, 0.1) is 5.41 Å². The number of hydrogen-bond acceptors (Lipinski definition) is 2. The Morgan fingerprint density at radius 1 is 0.941 bits per heavy atom. The molecule has 1 saturated heterocycles. The largest absolute Gasteiger partial charge is 0.326 e. The third-order valence-corrected chi connectivity index (χ3v) is 4.90. The number of likely N-dealkylation sites (tertiary alicyclic amines) is 1. The maximum absolute atomic E-state index is 6.41. The average Bonchev–Trinajstić information content (AvgIpc) is 2.26. The van der Waals surface area contributed by atoms with Crippen LogP contribution in [0.5, 0.6) is 0 Å². The lowest BCUT2D eigenvalue weighted by Crippen LogP contribution is -2.52. The minimum absolute atomic E-state index is 0.427. The van der Waals surface area contributed by atoms with E-state index in [1.54, 1.807) is 0 Å². The van der Waals surface area contributed by atoms with Crippen LogP contribution in [0.1, 0.15) is 65.2 Å². The smallest absolute Gasteiger partial charge is 0.0247 e. The third kappa shape index (κ3) is 3.69. The molecule has 0 aromatic rings. The van der Waals surface area contributed by atoms with E-state index < -0.39 is 0 Å². The van der Waals surface area contributed by atoms with Crippen LogP contribution in [-0.4, -0.2) is 30.1 Å². The maximum Gasteiger partial charge on any atom is 0.0247 e. The molecule has 0 bridgehead atoms. The topological polar surface area (TPSA) is 29.3 Å². The highest BCUT2D eigenvalue weighted by Crippen LogP contribution is 2.32. The van der Waals surface area contributed by atoms with Gasteiger partial charge in [-0.05, 0) is 44.2 Å². The fourth-order valence-electron chi connectivity index (χ4n) is 3.41. The first-order chi connectivity index (χ1) is 8.08. The molecule has 17 heavy (non-hydrogen) atoms. The van der Waals surface area contributed by atoms with Gasteiger partial charge in [-0.3, -0.25) is 4.90 Å². The van der Waals surface area contributed by atoms with Gasteiger partial charge in [0.15, 0.2) is 0 Å². The van der Waals surface area contributed by atoms with E-state index in [1.807, 2.05) is 0 Å². The second-order valence-electron chi connectivity index (χ2n) is 6.92. The second kappa shape index (κ2) is 5.71. The Kier molecular flexibility index (Phi) is 4.48. The zero-order valence-corrected chi connectivity index (χ0v) is 11.8. The van der Waals surface area contributed by atoms with E-state index >= 15 is 0 Å². The number of nitrogens with zero attached hydrogens (tertiary/aromatic N) is 1. The Labute approximate surface area is 107 Å². The molecular weight excluding hydrogens is 208 g/mol. The van der Waals surface area contributed by atoms with Gasteiger partial charge in [-0.2, -0.15) is 0 Å². The van der Waals surface area contributed by atoms with E-state index in [1.165, 1.54) is 64.5 Å². The Morgan fingerprint density at radius 2 is 1.53 bits per heavy atom. The minimum Gasteiger partial charge on any atom is -0.326 e. The number of nitrogens with two attached hydrogens (primary N) is 1. The van der Waals surface area contributed by atoms with E-state index in [0.717, 1.165) is 0 Å². The molecule has 2 atom stereocenters. The zero-order chi connectivity index (χ0) is 12.3. The molecular formula is C15H30N2. The molecule has 2 nitrogen and oxygen atoms in total. The summed E-state index contributed by atoms with van der Waals surface area (Å²) in [5.74, 6) is 0. The van der Waals surface area contributed by atoms with Gasteiger partial charge in [0.05, 0.1) is 0 Å². The van der Waals surface area contributed by atoms with E-state index in [0.29, 0.717) is 17.5 Å². The zero-order valence-electron chi connectivity index (χ0n) is 11.8. The van der Waals surface area contributed by atoms with Crippen molar-refractivity contribution in [2.24, 2.45) is 11.1 Å². The molecule has 0 aromatic carbocycles. The molecule has 1 aliphatic heterocycles. The van der Waals surface area contributed by atoms with E-state index in [2.05, 4.69) is 18.7 Å². The number of rotatable bonds is 1. The first-order valence-electron chi connectivity index (χ1n) is 7.58. The normalized spacial score (nSPS) is 36.2. The maximum atomic E-state index is 6.41. The first kappa shape index (κ1) is 13.4. The van der Waals surface area contributed by atoms with Gasteiger partial charge in [0, 0.05) is 12.1 Å². The monoisotopic (exact) mass is 238 g/mol. The van der Waals surface area contributed by atoms with Gasteiger partial charge >= 0.3 is 0 Å². The minimum atomic E-state index is 0.427. The molecule has 1 saturated carbocycles. The molecule has 0 spiro atoms. The predicted molar refractivity (Wildman–Crippen MR) is 74.1 cm³/mol. The Bertz CT molecular complexity index is 227. The molecule has 2 rings (SSSR count). The summed E-state index contributed by atoms with van der Waals surface area (Å²) >= 11 is 0. The molecule has 1 aliphatic carbocycles. The molecule has 2 fully saturated rings. The van der Waals surface area contributed by atoms with Crippen molar-refractivity contribution in [1.82, 2.24) is 4.90 Å². The standard InChI is InChI=1S/C15H30N2/c1-15(2)9-11-17(12-10-15)14-8-6-4-3-5-7-13(14)16/h13-14H,3-12,16H2,1-2H3. The van der Waals surface area contributed by atoms with Crippen molar-refractivity contribution in [2.75, 3.05) is 13.1 Å². The van der Waals surface area contributed by atoms with Gasteiger partial charge in [0.25, 0.3) is 0 Å². The summed E-state index contributed by atoms with van der Waals surface area (Å²) in [7, 11) is 0. The summed E-state index contributed by atoms with van der Waals surface area (Å²) in [4.78, 5) is 2.70. The lowest BCUT2D eigenvalue weighted by Gasteiger charge is -2.43. The van der Waals surface area contributed by atoms with Crippen molar-refractivity contribution in [2.45, 2.75) is 77.3 Å². The van der Waals surface area contributed by atoms with Crippen LogP contribution < -0.4 is 5.73 Å². The number of hydrogen-bond donors (Lipinski definition) is 1. The summed E-state index contributed by atoms with van der Waals surface area (Å²) in [6.07, 6.45) is 10.8. The lowest BCUT2D eigenvalue weighted by molar-refractivity contribution is 0.0723. The van der Waals surface area contributed by atoms with Crippen molar-refractivity contribution in [3.63, 3.8) is 0 Å². The van der Waals surface area contributed by atoms with Crippen LogP contribution in [0.3, 0.4) is 0 Å². The van der Waals surface area contributed by atoms with Crippen molar-refractivity contribution in [3.05, 3.63) is 0 Å². The Morgan fingerprint density at radius 3 is 2.18 bits per heavy atom. The van der Waals surface area contributed by atoms with Crippen molar-refractivity contribution in [3.8, 4) is 0 Å². The predicted octanol–water partition coefficient (Wildman–Crippen LogP) is 3.16. The van der Waals surface area contributed by atoms with Crippen LogP contribution >= 0.6 is 0 Å². The summed E-state index contributed by atoms with van der Waals surface area (Å²) in [5, 5.41) is 0. The van der Waals surface area contributed by atoms with Crippen LogP contribution in [0.25, 0.3) is 0 Å². The molecule has 2 aliphatic rings. The van der Waals surface area contributed by atoms with Gasteiger partial charge < -0.3 is 5.73 Å².